The lowest BCUT2D eigenvalue weighted by molar-refractivity contribution is -0.121. The number of nitrogens with one attached hydrogen (secondary N) is 1. The molecule has 4 nitrogen and oxygen atoms in total. The predicted molar refractivity (Wildman–Crippen MR) is 86.0 cm³/mol. The zero-order valence-corrected chi connectivity index (χ0v) is 13.0. The molecule has 1 aromatic carbocycles. The van der Waals surface area contributed by atoms with Crippen LogP contribution < -0.4 is 10.1 Å². The largest absolute Gasteiger partial charge is 0.494 e. The number of benzene rings is 1. The van der Waals surface area contributed by atoms with Crippen LogP contribution in [0.3, 0.4) is 0 Å². The Bertz CT molecular complexity index is 694. The van der Waals surface area contributed by atoms with Gasteiger partial charge in [0.1, 0.15) is 17.3 Å². The topological polar surface area (TPSA) is 51.2 Å². The summed E-state index contributed by atoms with van der Waals surface area (Å²) in [5, 5.41) is 2.94. The fraction of sp³-hybridized carbons (Fsp3) is 0.333. The lowest BCUT2D eigenvalue weighted by atomic mass is 9.78. The number of carbonyl (C=O) groups is 1. The Kier molecular flexibility index (Phi) is 4.28. The first-order valence-corrected chi connectivity index (χ1v) is 7.71. The normalized spacial score (nSPS) is 16.1. The molecule has 0 radical (unpaired) electrons. The van der Waals surface area contributed by atoms with E-state index in [2.05, 4.69) is 10.3 Å². The fourth-order valence-corrected chi connectivity index (χ4v) is 3.29. The molecular formula is C18H19FN2O2. The Morgan fingerprint density at radius 1 is 1.22 bits per heavy atom. The van der Waals surface area contributed by atoms with Gasteiger partial charge in [-0.25, -0.2) is 4.39 Å². The Labute approximate surface area is 134 Å². The van der Waals surface area contributed by atoms with Gasteiger partial charge in [0, 0.05) is 12.3 Å². The van der Waals surface area contributed by atoms with Gasteiger partial charge in [-0.2, -0.15) is 0 Å². The van der Waals surface area contributed by atoms with Crippen molar-refractivity contribution >= 4 is 11.6 Å². The highest BCUT2D eigenvalue weighted by Gasteiger charge is 2.42. The van der Waals surface area contributed by atoms with Gasteiger partial charge < -0.3 is 10.1 Å². The van der Waals surface area contributed by atoms with Gasteiger partial charge in [0.05, 0.1) is 18.7 Å². The quantitative estimate of drug-likeness (QED) is 0.936. The SMILES string of the molecule is COc1ccncc1NC(=O)C1(c2ccc(F)cc2)CCCC1. The molecule has 0 spiro atoms. The fourth-order valence-electron chi connectivity index (χ4n) is 3.29. The molecule has 1 saturated carbocycles. The smallest absolute Gasteiger partial charge is 0.235 e. The molecule has 23 heavy (non-hydrogen) atoms. The first kappa shape index (κ1) is 15.5. The molecule has 5 heteroatoms. The Balaban J connectivity index is 1.92. The number of halogens is 1. The first-order valence-electron chi connectivity index (χ1n) is 7.71. The summed E-state index contributed by atoms with van der Waals surface area (Å²) in [5.41, 5.74) is 0.791. The molecule has 1 aromatic heterocycles. The second-order valence-corrected chi connectivity index (χ2v) is 5.83. The molecule has 1 fully saturated rings. The summed E-state index contributed by atoms with van der Waals surface area (Å²) in [6.07, 6.45) is 6.66. The van der Waals surface area contributed by atoms with Crippen LogP contribution in [0.1, 0.15) is 31.2 Å². The van der Waals surface area contributed by atoms with Crippen molar-refractivity contribution in [2.24, 2.45) is 0 Å². The number of hydrogen-bond acceptors (Lipinski definition) is 3. The van der Waals surface area contributed by atoms with Gasteiger partial charge in [-0.3, -0.25) is 9.78 Å². The van der Waals surface area contributed by atoms with Crippen LogP contribution in [0.5, 0.6) is 5.75 Å². The highest BCUT2D eigenvalue weighted by Crippen LogP contribution is 2.42. The molecule has 1 N–H and O–H groups in total. The van der Waals surface area contributed by atoms with E-state index in [-0.39, 0.29) is 11.7 Å². The maximum atomic E-state index is 13.2. The molecule has 0 aliphatic heterocycles. The summed E-state index contributed by atoms with van der Waals surface area (Å²) < 4.78 is 18.5. The maximum absolute atomic E-state index is 13.2. The lowest BCUT2D eigenvalue weighted by Crippen LogP contribution is -2.38. The lowest BCUT2D eigenvalue weighted by Gasteiger charge is -2.28. The van der Waals surface area contributed by atoms with Crippen LogP contribution >= 0.6 is 0 Å². The molecule has 1 aliphatic carbocycles. The second kappa shape index (κ2) is 6.36. The highest BCUT2D eigenvalue weighted by atomic mass is 19.1. The van der Waals surface area contributed by atoms with Crippen LogP contribution in [0.15, 0.2) is 42.7 Å². The highest BCUT2D eigenvalue weighted by molar-refractivity contribution is 6.00. The molecular weight excluding hydrogens is 295 g/mol. The predicted octanol–water partition coefficient (Wildman–Crippen LogP) is 3.68. The van der Waals surface area contributed by atoms with Gasteiger partial charge in [0.2, 0.25) is 5.91 Å². The Morgan fingerprint density at radius 2 is 1.91 bits per heavy atom. The van der Waals surface area contributed by atoms with Crippen LogP contribution in [0.2, 0.25) is 0 Å². The summed E-state index contributed by atoms with van der Waals surface area (Å²) in [7, 11) is 1.55. The zero-order valence-electron chi connectivity index (χ0n) is 13.0. The third kappa shape index (κ3) is 2.91. The van der Waals surface area contributed by atoms with Crippen LogP contribution in [0, 0.1) is 5.82 Å². The molecule has 1 heterocycles. The number of carbonyl (C=O) groups excluding carboxylic acids is 1. The van der Waals surface area contributed by atoms with Crippen LogP contribution in [-0.4, -0.2) is 18.0 Å². The second-order valence-electron chi connectivity index (χ2n) is 5.83. The van der Waals surface area contributed by atoms with E-state index in [1.807, 2.05) is 0 Å². The van der Waals surface area contributed by atoms with Gasteiger partial charge in [0.15, 0.2) is 0 Å². The number of anilines is 1. The zero-order chi connectivity index (χ0) is 16.3. The van der Waals surface area contributed by atoms with Crippen molar-refractivity contribution in [3.63, 3.8) is 0 Å². The van der Waals surface area contributed by atoms with Crippen molar-refractivity contribution in [1.29, 1.82) is 0 Å². The number of aromatic nitrogens is 1. The summed E-state index contributed by atoms with van der Waals surface area (Å²) in [5.74, 6) is 0.185. The first-order chi connectivity index (χ1) is 11.2. The van der Waals surface area contributed by atoms with Gasteiger partial charge in [-0.15, -0.1) is 0 Å². The monoisotopic (exact) mass is 314 g/mol. The van der Waals surface area contributed by atoms with E-state index in [1.165, 1.54) is 12.1 Å². The standard InChI is InChI=1S/C18H19FN2O2/c1-23-16-8-11-20-12-15(16)21-17(22)18(9-2-3-10-18)13-4-6-14(19)7-5-13/h4-8,11-12H,2-3,9-10H2,1H3,(H,21,22). The average Bonchev–Trinajstić information content (AvgIpc) is 3.07. The average molecular weight is 314 g/mol. The minimum absolute atomic E-state index is 0.0899. The molecule has 0 bridgehead atoms. The van der Waals surface area contributed by atoms with Gasteiger partial charge >= 0.3 is 0 Å². The Hall–Kier alpha value is -2.43. The van der Waals surface area contributed by atoms with Crippen molar-refractivity contribution in [2.45, 2.75) is 31.1 Å². The van der Waals surface area contributed by atoms with E-state index in [1.54, 1.807) is 37.7 Å². The van der Waals surface area contributed by atoms with Crippen molar-refractivity contribution < 1.29 is 13.9 Å². The summed E-state index contributed by atoms with van der Waals surface area (Å²) in [4.78, 5) is 17.0. The molecule has 1 amide bonds. The van der Waals surface area contributed by atoms with E-state index in [0.29, 0.717) is 11.4 Å². The minimum Gasteiger partial charge on any atom is -0.494 e. The molecule has 0 saturated heterocycles. The summed E-state index contributed by atoms with van der Waals surface area (Å²) in [6.45, 7) is 0. The number of hydrogen-bond donors (Lipinski definition) is 1. The third-order valence-corrected chi connectivity index (χ3v) is 4.54. The molecule has 120 valence electrons. The van der Waals surface area contributed by atoms with Crippen LogP contribution in [-0.2, 0) is 10.2 Å². The number of rotatable bonds is 4. The van der Waals surface area contributed by atoms with Crippen LogP contribution in [0.4, 0.5) is 10.1 Å². The minimum atomic E-state index is -0.617. The molecule has 3 rings (SSSR count). The van der Waals surface area contributed by atoms with Gasteiger partial charge in [0.25, 0.3) is 0 Å². The van der Waals surface area contributed by atoms with E-state index in [9.17, 15) is 9.18 Å². The molecule has 2 aromatic rings. The van der Waals surface area contributed by atoms with E-state index in [4.69, 9.17) is 4.74 Å². The Morgan fingerprint density at radius 3 is 2.57 bits per heavy atom. The van der Waals surface area contributed by atoms with Crippen molar-refractivity contribution in [2.75, 3.05) is 12.4 Å². The molecule has 0 unspecified atom stereocenters. The summed E-state index contributed by atoms with van der Waals surface area (Å²) in [6, 6.07) is 7.94. The van der Waals surface area contributed by atoms with Crippen molar-refractivity contribution in [3.8, 4) is 5.75 Å². The third-order valence-electron chi connectivity index (χ3n) is 4.54. The number of pyridine rings is 1. The summed E-state index contributed by atoms with van der Waals surface area (Å²) >= 11 is 0. The number of amides is 1. The van der Waals surface area contributed by atoms with E-state index >= 15 is 0 Å². The molecule has 0 atom stereocenters. The van der Waals surface area contributed by atoms with Crippen LogP contribution in [0.25, 0.3) is 0 Å². The van der Waals surface area contributed by atoms with Gasteiger partial charge in [-0.1, -0.05) is 25.0 Å². The number of ether oxygens (including phenoxy) is 1. The van der Waals surface area contributed by atoms with E-state index < -0.39 is 5.41 Å². The number of nitrogens with zero attached hydrogens (tertiary/aromatic N) is 1. The van der Waals surface area contributed by atoms with Crippen molar-refractivity contribution in [3.05, 3.63) is 54.1 Å². The number of methoxy groups -OCH3 is 1. The van der Waals surface area contributed by atoms with E-state index in [0.717, 1.165) is 31.2 Å². The maximum Gasteiger partial charge on any atom is 0.235 e. The van der Waals surface area contributed by atoms with Crippen molar-refractivity contribution in [1.82, 2.24) is 4.98 Å². The molecule has 1 aliphatic rings. The van der Waals surface area contributed by atoms with Gasteiger partial charge in [-0.05, 0) is 30.5 Å².